The molecule has 0 fully saturated rings. The second kappa shape index (κ2) is 9.85. The predicted molar refractivity (Wildman–Crippen MR) is 73.1 cm³/mol. The minimum Gasteiger partial charge on any atom is -0.467 e. The zero-order chi connectivity index (χ0) is 14.6. The molecule has 1 aromatic rings. The van der Waals surface area contributed by atoms with E-state index in [1.807, 2.05) is 6.92 Å². The fourth-order valence-corrected chi connectivity index (χ4v) is 1.40. The van der Waals surface area contributed by atoms with Gasteiger partial charge < -0.3 is 25.1 Å². The topological polar surface area (TPSA) is 92.6 Å². The quantitative estimate of drug-likeness (QED) is 0.579. The number of urea groups is 1. The Morgan fingerprint density at radius 3 is 2.85 bits per heavy atom. The first kappa shape index (κ1) is 16.0. The highest BCUT2D eigenvalue weighted by Gasteiger charge is 2.05. The highest BCUT2D eigenvalue weighted by Crippen LogP contribution is 1.97. The Bertz CT molecular complexity index is 392. The van der Waals surface area contributed by atoms with E-state index < -0.39 is 0 Å². The number of hydrogen-bond acceptors (Lipinski definition) is 4. The maximum Gasteiger partial charge on any atom is 0.315 e. The summed E-state index contributed by atoms with van der Waals surface area (Å²) in [4.78, 5) is 22.8. The van der Waals surface area contributed by atoms with E-state index >= 15 is 0 Å². The number of carbonyl (C=O) groups is 2. The lowest BCUT2D eigenvalue weighted by Crippen LogP contribution is -2.42. The highest BCUT2D eigenvalue weighted by atomic mass is 16.5. The van der Waals surface area contributed by atoms with Gasteiger partial charge in [0.2, 0.25) is 5.91 Å². The molecule has 0 radical (unpaired) electrons. The van der Waals surface area contributed by atoms with Gasteiger partial charge >= 0.3 is 6.03 Å². The van der Waals surface area contributed by atoms with Crippen molar-refractivity contribution in [2.24, 2.45) is 0 Å². The molecule has 0 unspecified atom stereocenters. The van der Waals surface area contributed by atoms with Gasteiger partial charge in [0.15, 0.2) is 0 Å². The van der Waals surface area contributed by atoms with E-state index in [2.05, 4.69) is 16.0 Å². The molecule has 3 N–H and O–H groups in total. The molecule has 1 aromatic heterocycles. The summed E-state index contributed by atoms with van der Waals surface area (Å²) in [7, 11) is 0. The van der Waals surface area contributed by atoms with E-state index in [1.54, 1.807) is 12.1 Å². The largest absolute Gasteiger partial charge is 0.467 e. The fourth-order valence-electron chi connectivity index (χ4n) is 1.40. The first-order valence-corrected chi connectivity index (χ1v) is 6.61. The molecule has 3 amide bonds. The zero-order valence-electron chi connectivity index (χ0n) is 11.6. The molecule has 7 heteroatoms. The molecule has 0 spiro atoms. The van der Waals surface area contributed by atoms with Crippen LogP contribution < -0.4 is 16.0 Å². The molecular weight excluding hydrogens is 262 g/mol. The van der Waals surface area contributed by atoms with Crippen LogP contribution in [0.3, 0.4) is 0 Å². The third-order valence-corrected chi connectivity index (χ3v) is 2.40. The maximum atomic E-state index is 11.4. The molecule has 1 rings (SSSR count). The summed E-state index contributed by atoms with van der Waals surface area (Å²) in [6.45, 7) is 3.95. The van der Waals surface area contributed by atoms with Crippen LogP contribution in [0.2, 0.25) is 0 Å². The lowest BCUT2D eigenvalue weighted by molar-refractivity contribution is -0.120. The number of nitrogens with one attached hydrogen (secondary N) is 3. The van der Waals surface area contributed by atoms with Crippen molar-refractivity contribution in [3.8, 4) is 0 Å². The smallest absolute Gasteiger partial charge is 0.315 e. The molecule has 0 aliphatic carbocycles. The Balaban J connectivity index is 2.01. The molecule has 1 heterocycles. The van der Waals surface area contributed by atoms with Crippen molar-refractivity contribution < 1.29 is 18.7 Å². The van der Waals surface area contributed by atoms with E-state index in [-0.39, 0.29) is 18.5 Å². The number of ether oxygens (including phenoxy) is 1. The van der Waals surface area contributed by atoms with Crippen LogP contribution in [-0.4, -0.2) is 38.2 Å². The van der Waals surface area contributed by atoms with E-state index in [0.717, 1.165) is 6.42 Å². The van der Waals surface area contributed by atoms with E-state index in [1.165, 1.54) is 6.26 Å². The number of furan rings is 1. The van der Waals surface area contributed by atoms with Crippen molar-refractivity contribution >= 4 is 11.9 Å². The average Bonchev–Trinajstić information content (AvgIpc) is 2.96. The molecule has 0 saturated carbocycles. The molecule has 0 bridgehead atoms. The molecular formula is C13H21N3O4. The summed E-state index contributed by atoms with van der Waals surface area (Å²) in [6, 6.07) is 3.14. The third kappa shape index (κ3) is 7.42. The van der Waals surface area contributed by atoms with Crippen molar-refractivity contribution in [1.29, 1.82) is 0 Å². The van der Waals surface area contributed by atoms with Gasteiger partial charge in [0.1, 0.15) is 5.76 Å². The standard InChI is InChI=1S/C13H21N3O4/c1-2-19-7-4-6-14-13(18)16-10-12(17)15-9-11-5-3-8-20-11/h3,5,8H,2,4,6-7,9-10H2,1H3,(H,15,17)(H2,14,16,18). The van der Waals surface area contributed by atoms with Crippen molar-refractivity contribution in [3.63, 3.8) is 0 Å². The van der Waals surface area contributed by atoms with Gasteiger partial charge in [-0.2, -0.15) is 0 Å². The van der Waals surface area contributed by atoms with Gasteiger partial charge in [-0.1, -0.05) is 0 Å². The minimum absolute atomic E-state index is 0.0714. The molecule has 0 aliphatic rings. The van der Waals surface area contributed by atoms with Crippen LogP contribution in [-0.2, 0) is 16.1 Å². The molecule has 20 heavy (non-hydrogen) atoms. The SMILES string of the molecule is CCOCCCNC(=O)NCC(=O)NCc1ccco1. The van der Waals surface area contributed by atoms with Crippen LogP contribution in [0.15, 0.2) is 22.8 Å². The summed E-state index contributed by atoms with van der Waals surface area (Å²) >= 11 is 0. The Kier molecular flexibility index (Phi) is 7.90. The van der Waals surface area contributed by atoms with Gasteiger partial charge in [0.05, 0.1) is 19.4 Å². The van der Waals surface area contributed by atoms with E-state index in [9.17, 15) is 9.59 Å². The number of carbonyl (C=O) groups excluding carboxylic acids is 2. The van der Waals surface area contributed by atoms with Crippen LogP contribution in [0.5, 0.6) is 0 Å². The zero-order valence-corrected chi connectivity index (χ0v) is 11.6. The van der Waals surface area contributed by atoms with Crippen LogP contribution in [0, 0.1) is 0 Å². The molecule has 0 saturated heterocycles. The molecule has 0 atom stereocenters. The van der Waals surface area contributed by atoms with Crippen molar-refractivity contribution in [3.05, 3.63) is 24.2 Å². The van der Waals surface area contributed by atoms with Gasteiger partial charge in [0, 0.05) is 19.8 Å². The molecule has 112 valence electrons. The Labute approximate surface area is 118 Å². The first-order chi connectivity index (χ1) is 9.72. The lowest BCUT2D eigenvalue weighted by Gasteiger charge is -2.07. The predicted octanol–water partition coefficient (Wildman–Crippen LogP) is 0.622. The summed E-state index contributed by atoms with van der Waals surface area (Å²) in [5, 5.41) is 7.74. The Morgan fingerprint density at radius 1 is 1.30 bits per heavy atom. The van der Waals surface area contributed by atoms with Gasteiger partial charge in [-0.3, -0.25) is 4.79 Å². The van der Waals surface area contributed by atoms with Crippen LogP contribution in [0.4, 0.5) is 4.79 Å². The average molecular weight is 283 g/mol. The maximum absolute atomic E-state index is 11.4. The molecule has 7 nitrogen and oxygen atoms in total. The van der Waals surface area contributed by atoms with Gasteiger partial charge in [-0.25, -0.2) is 4.79 Å². The summed E-state index contributed by atoms with van der Waals surface area (Å²) in [5.74, 6) is 0.393. The van der Waals surface area contributed by atoms with Gasteiger partial charge in [0.25, 0.3) is 0 Å². The first-order valence-electron chi connectivity index (χ1n) is 6.61. The Hall–Kier alpha value is -2.02. The second-order valence-corrected chi connectivity index (χ2v) is 4.02. The van der Waals surface area contributed by atoms with Crippen LogP contribution >= 0.6 is 0 Å². The monoisotopic (exact) mass is 283 g/mol. The summed E-state index contributed by atoms with van der Waals surface area (Å²) in [5.41, 5.74) is 0. The fraction of sp³-hybridized carbons (Fsp3) is 0.538. The normalized spacial score (nSPS) is 10.1. The highest BCUT2D eigenvalue weighted by molar-refractivity contribution is 5.83. The van der Waals surface area contributed by atoms with Gasteiger partial charge in [-0.15, -0.1) is 0 Å². The van der Waals surface area contributed by atoms with E-state index in [0.29, 0.717) is 32.1 Å². The van der Waals surface area contributed by atoms with Crippen molar-refractivity contribution in [1.82, 2.24) is 16.0 Å². The Morgan fingerprint density at radius 2 is 2.15 bits per heavy atom. The summed E-state index contributed by atoms with van der Waals surface area (Å²) in [6.07, 6.45) is 2.28. The number of hydrogen-bond donors (Lipinski definition) is 3. The molecule has 0 aliphatic heterocycles. The minimum atomic E-state index is -0.366. The third-order valence-electron chi connectivity index (χ3n) is 2.40. The second-order valence-electron chi connectivity index (χ2n) is 4.02. The van der Waals surface area contributed by atoms with Crippen molar-refractivity contribution in [2.75, 3.05) is 26.3 Å². The van der Waals surface area contributed by atoms with E-state index in [4.69, 9.17) is 9.15 Å². The van der Waals surface area contributed by atoms with Crippen molar-refractivity contribution in [2.45, 2.75) is 19.9 Å². The molecule has 0 aromatic carbocycles. The lowest BCUT2D eigenvalue weighted by atomic mass is 10.4. The number of rotatable bonds is 9. The van der Waals surface area contributed by atoms with Gasteiger partial charge in [-0.05, 0) is 25.5 Å². The van der Waals surface area contributed by atoms with Crippen LogP contribution in [0.25, 0.3) is 0 Å². The summed E-state index contributed by atoms with van der Waals surface area (Å²) < 4.78 is 10.2. The van der Waals surface area contributed by atoms with Crippen LogP contribution in [0.1, 0.15) is 19.1 Å². The number of amides is 3.